The highest BCUT2D eigenvalue weighted by molar-refractivity contribution is 6.07. The van der Waals surface area contributed by atoms with Gasteiger partial charge in [0.15, 0.2) is 5.60 Å². The molecule has 0 aromatic heterocycles. The number of benzene rings is 1. The predicted octanol–water partition coefficient (Wildman–Crippen LogP) is 1.25. The molecule has 1 aliphatic heterocycles. The number of carboxylic acids is 1. The Morgan fingerprint density at radius 1 is 1.44 bits per heavy atom. The van der Waals surface area contributed by atoms with Crippen molar-refractivity contribution in [1.29, 1.82) is 0 Å². The zero-order valence-corrected chi connectivity index (χ0v) is 10.1. The van der Waals surface area contributed by atoms with Crippen LogP contribution in [0.1, 0.15) is 30.9 Å². The van der Waals surface area contributed by atoms with Crippen LogP contribution in [0.5, 0.6) is 0 Å². The fourth-order valence-corrected chi connectivity index (χ4v) is 2.30. The maximum atomic E-state index is 11.8. The maximum absolute atomic E-state index is 11.8. The number of hydrogen-bond acceptors (Lipinski definition) is 3. The second-order valence-electron chi connectivity index (χ2n) is 4.47. The lowest BCUT2D eigenvalue weighted by atomic mass is 9.90. The van der Waals surface area contributed by atoms with E-state index in [2.05, 4.69) is 5.32 Å². The maximum Gasteiger partial charge on any atom is 0.307 e. The fourth-order valence-electron chi connectivity index (χ4n) is 2.30. The standard InChI is InChI=1S/C13H15NO4/c1-2-4-8-5-3-6-9-11(8)14-12(17)13(9,18)7-10(15)16/h3,5-6,18H,2,4,7H2,1H3,(H,14,17)(H,15,16). The lowest BCUT2D eigenvalue weighted by Crippen LogP contribution is -2.36. The zero-order chi connectivity index (χ0) is 13.3. The van der Waals surface area contributed by atoms with Crippen LogP contribution in [0, 0.1) is 0 Å². The molecule has 1 atom stereocenters. The number of aliphatic carboxylic acids is 1. The van der Waals surface area contributed by atoms with E-state index in [-0.39, 0.29) is 0 Å². The predicted molar refractivity (Wildman–Crippen MR) is 65.2 cm³/mol. The second-order valence-corrected chi connectivity index (χ2v) is 4.47. The number of carboxylic acid groups (broad SMARTS) is 1. The van der Waals surface area contributed by atoms with Crippen LogP contribution in [-0.4, -0.2) is 22.1 Å². The van der Waals surface area contributed by atoms with Gasteiger partial charge in [0.2, 0.25) is 0 Å². The second kappa shape index (κ2) is 4.42. The summed E-state index contributed by atoms with van der Waals surface area (Å²) >= 11 is 0. The number of rotatable bonds is 4. The molecule has 0 bridgehead atoms. The summed E-state index contributed by atoms with van der Waals surface area (Å²) in [5.74, 6) is -1.87. The third-order valence-corrected chi connectivity index (χ3v) is 3.14. The van der Waals surface area contributed by atoms with Crippen molar-refractivity contribution in [2.24, 2.45) is 0 Å². The molecule has 1 aliphatic rings. The summed E-state index contributed by atoms with van der Waals surface area (Å²) in [6.45, 7) is 2.01. The van der Waals surface area contributed by atoms with Gasteiger partial charge in [-0.1, -0.05) is 31.5 Å². The van der Waals surface area contributed by atoms with E-state index in [0.717, 1.165) is 18.4 Å². The Hall–Kier alpha value is -1.88. The number of aliphatic hydroxyl groups is 1. The summed E-state index contributed by atoms with van der Waals surface area (Å²) in [5.41, 5.74) is -0.108. The van der Waals surface area contributed by atoms with Gasteiger partial charge in [0.25, 0.3) is 5.91 Å². The Kier molecular flexibility index (Phi) is 3.09. The lowest BCUT2D eigenvalue weighted by molar-refractivity contribution is -0.149. The van der Waals surface area contributed by atoms with Crippen LogP contribution in [0.15, 0.2) is 18.2 Å². The van der Waals surface area contributed by atoms with Crippen LogP contribution in [0.2, 0.25) is 0 Å². The van der Waals surface area contributed by atoms with Gasteiger partial charge in [0.05, 0.1) is 12.1 Å². The molecule has 0 saturated carbocycles. The van der Waals surface area contributed by atoms with Crippen LogP contribution in [0.4, 0.5) is 5.69 Å². The zero-order valence-electron chi connectivity index (χ0n) is 10.1. The number of carbonyl (C=O) groups is 2. The van der Waals surface area contributed by atoms with Gasteiger partial charge in [0, 0.05) is 5.56 Å². The van der Waals surface area contributed by atoms with Crippen molar-refractivity contribution in [1.82, 2.24) is 0 Å². The molecule has 0 fully saturated rings. The lowest BCUT2D eigenvalue weighted by Gasteiger charge is -2.18. The number of hydrogen-bond donors (Lipinski definition) is 3. The van der Waals surface area contributed by atoms with Gasteiger partial charge in [-0.25, -0.2) is 0 Å². The van der Waals surface area contributed by atoms with Crippen LogP contribution < -0.4 is 5.32 Å². The topological polar surface area (TPSA) is 86.6 Å². The molecule has 1 aromatic carbocycles. The average Bonchev–Trinajstić information content (AvgIpc) is 2.53. The summed E-state index contributed by atoms with van der Waals surface area (Å²) in [6, 6.07) is 5.20. The van der Waals surface area contributed by atoms with E-state index in [0.29, 0.717) is 11.3 Å². The molecular formula is C13H15NO4. The van der Waals surface area contributed by atoms with E-state index < -0.39 is 23.9 Å². The number of para-hydroxylation sites is 1. The Bertz CT molecular complexity index is 512. The first kappa shape index (κ1) is 12.6. The number of fused-ring (bicyclic) bond motifs is 1. The van der Waals surface area contributed by atoms with Crippen molar-refractivity contribution in [2.75, 3.05) is 5.32 Å². The first-order chi connectivity index (χ1) is 8.49. The van der Waals surface area contributed by atoms with Gasteiger partial charge in [-0.3, -0.25) is 9.59 Å². The highest BCUT2D eigenvalue weighted by Gasteiger charge is 2.47. The van der Waals surface area contributed by atoms with Crippen molar-refractivity contribution in [2.45, 2.75) is 31.8 Å². The number of carbonyl (C=O) groups excluding carboxylic acids is 1. The molecule has 1 heterocycles. The summed E-state index contributed by atoms with van der Waals surface area (Å²) in [4.78, 5) is 22.6. The van der Waals surface area contributed by atoms with Crippen LogP contribution in [-0.2, 0) is 21.6 Å². The molecule has 5 heteroatoms. The molecule has 3 N–H and O–H groups in total. The van der Waals surface area contributed by atoms with E-state index in [1.807, 2.05) is 13.0 Å². The van der Waals surface area contributed by atoms with Gasteiger partial charge in [0.1, 0.15) is 0 Å². The number of aryl methyl sites for hydroxylation is 1. The molecule has 0 aliphatic carbocycles. The molecule has 1 amide bonds. The third kappa shape index (κ3) is 1.86. The third-order valence-electron chi connectivity index (χ3n) is 3.14. The van der Waals surface area contributed by atoms with Crippen LogP contribution in [0.3, 0.4) is 0 Å². The van der Waals surface area contributed by atoms with E-state index in [1.54, 1.807) is 12.1 Å². The highest BCUT2D eigenvalue weighted by atomic mass is 16.4. The van der Waals surface area contributed by atoms with Gasteiger partial charge in [-0.05, 0) is 12.0 Å². The summed E-state index contributed by atoms with van der Waals surface area (Å²) in [6.07, 6.45) is 1.05. The summed E-state index contributed by atoms with van der Waals surface area (Å²) in [5, 5.41) is 21.7. The first-order valence-electron chi connectivity index (χ1n) is 5.87. The van der Waals surface area contributed by atoms with Crippen molar-refractivity contribution < 1.29 is 19.8 Å². The van der Waals surface area contributed by atoms with Gasteiger partial charge in [-0.2, -0.15) is 0 Å². The smallest absolute Gasteiger partial charge is 0.307 e. The molecule has 96 valence electrons. The van der Waals surface area contributed by atoms with E-state index in [4.69, 9.17) is 5.11 Å². The Morgan fingerprint density at radius 3 is 2.78 bits per heavy atom. The number of nitrogens with one attached hydrogen (secondary N) is 1. The molecular weight excluding hydrogens is 234 g/mol. The van der Waals surface area contributed by atoms with Crippen molar-refractivity contribution >= 4 is 17.6 Å². The van der Waals surface area contributed by atoms with Gasteiger partial charge < -0.3 is 15.5 Å². The normalized spacial score (nSPS) is 21.6. The van der Waals surface area contributed by atoms with Crippen LogP contribution >= 0.6 is 0 Å². The molecule has 0 radical (unpaired) electrons. The first-order valence-corrected chi connectivity index (χ1v) is 5.87. The monoisotopic (exact) mass is 249 g/mol. The Labute approximate surface area is 104 Å². The minimum absolute atomic E-state index is 0.362. The summed E-state index contributed by atoms with van der Waals surface area (Å²) in [7, 11) is 0. The van der Waals surface area contributed by atoms with Gasteiger partial charge in [-0.15, -0.1) is 0 Å². The fraction of sp³-hybridized carbons (Fsp3) is 0.385. The van der Waals surface area contributed by atoms with E-state index >= 15 is 0 Å². The Balaban J connectivity index is 2.49. The quantitative estimate of drug-likeness (QED) is 0.749. The molecule has 0 saturated heterocycles. The molecule has 5 nitrogen and oxygen atoms in total. The molecule has 2 rings (SSSR count). The molecule has 0 spiro atoms. The van der Waals surface area contributed by atoms with Crippen molar-refractivity contribution in [3.05, 3.63) is 29.3 Å². The molecule has 18 heavy (non-hydrogen) atoms. The molecule has 1 unspecified atom stereocenters. The van der Waals surface area contributed by atoms with Crippen molar-refractivity contribution in [3.63, 3.8) is 0 Å². The largest absolute Gasteiger partial charge is 0.481 e. The SMILES string of the molecule is CCCc1cccc2c1NC(=O)C2(O)CC(=O)O. The van der Waals surface area contributed by atoms with Crippen LogP contribution in [0.25, 0.3) is 0 Å². The minimum atomic E-state index is -1.95. The average molecular weight is 249 g/mol. The van der Waals surface area contributed by atoms with Crippen molar-refractivity contribution in [3.8, 4) is 0 Å². The van der Waals surface area contributed by atoms with E-state index in [9.17, 15) is 14.7 Å². The Morgan fingerprint density at radius 2 is 2.17 bits per heavy atom. The highest BCUT2D eigenvalue weighted by Crippen LogP contribution is 2.40. The minimum Gasteiger partial charge on any atom is -0.481 e. The number of anilines is 1. The number of amides is 1. The van der Waals surface area contributed by atoms with Gasteiger partial charge >= 0.3 is 5.97 Å². The molecule has 1 aromatic rings. The summed E-state index contributed by atoms with van der Waals surface area (Å²) < 4.78 is 0. The van der Waals surface area contributed by atoms with E-state index in [1.165, 1.54) is 0 Å².